The van der Waals surface area contributed by atoms with Crippen LogP contribution in [-0.4, -0.2) is 270 Å². The largest absolute Gasteiger partial charge is 0.517 e. The number of carboxylic acid groups (broad SMARTS) is 2. The number of amides is 2. The number of hydrogen-bond acceptors (Lipinski definition) is 17. The zero-order chi connectivity index (χ0) is 44.9. The van der Waals surface area contributed by atoms with Gasteiger partial charge in [-0.2, -0.15) is 9.28 Å². The predicted molar refractivity (Wildman–Crippen MR) is 226 cm³/mol. The quantitative estimate of drug-likeness (QED) is 0.0594. The molecule has 1 aromatic rings. The predicted octanol–water partition coefficient (Wildman–Crippen LogP) is -2.21. The first-order valence-electron chi connectivity index (χ1n) is 22.4. The number of H-pyrrole nitrogens is 1. The third-order valence-corrected chi connectivity index (χ3v) is 14.5. The molecule has 4 unspecified atom stereocenters. The topological polar surface area (TPSA) is 265 Å². The number of aliphatic carboxylic acids is 2. The van der Waals surface area contributed by atoms with E-state index < -0.39 is 47.3 Å². The van der Waals surface area contributed by atoms with Gasteiger partial charge in [0.1, 0.15) is 6.54 Å². The van der Waals surface area contributed by atoms with Gasteiger partial charge in [-0.15, -0.1) is 0 Å². The summed E-state index contributed by atoms with van der Waals surface area (Å²) in [5, 5.41) is 30.5. The highest BCUT2D eigenvalue weighted by Gasteiger charge is 2.82. The maximum atomic E-state index is 14.8. The van der Waals surface area contributed by atoms with Crippen LogP contribution in [0.5, 0.6) is 0 Å². The lowest BCUT2D eigenvalue weighted by Crippen LogP contribution is -2.87. The molecule has 7 heterocycles. The van der Waals surface area contributed by atoms with Crippen LogP contribution >= 0.6 is 0 Å². The lowest BCUT2D eigenvalue weighted by atomic mass is 9.80. The number of nitrogens with zero attached hydrogens (tertiary/aromatic N) is 11. The van der Waals surface area contributed by atoms with E-state index in [-0.39, 0.29) is 29.9 Å². The van der Waals surface area contributed by atoms with Gasteiger partial charge in [0.25, 0.3) is 11.4 Å². The smallest absolute Gasteiger partial charge is 0.481 e. The number of carbonyl (C=O) groups excluding carboxylic acids is 2. The van der Waals surface area contributed by atoms with Crippen molar-refractivity contribution in [1.82, 2.24) is 49.3 Å². The summed E-state index contributed by atoms with van der Waals surface area (Å²) in [6, 6.07) is -0.534. The number of guanidine groups is 1. The SMILES string of the molecule is CN1C(=O)OC(N2CCN(CCCC(=O)O)CC2)(C2(N3CCN(CCCC(=O)O)CC3)COC(=O)[N+]2(C)CCN2CCN(C(=N)N)CC2)C1CCN1CCN(c2noc(=O)[nH]2)CC1. The Bertz CT molecular complexity index is 1840. The van der Waals surface area contributed by atoms with Crippen LogP contribution in [0.15, 0.2) is 9.32 Å². The number of cyclic esters (lactones) is 2. The first-order chi connectivity index (χ1) is 30.2. The van der Waals surface area contributed by atoms with E-state index in [0.717, 1.165) is 0 Å². The second-order valence-electron chi connectivity index (χ2n) is 17.9. The molecular weight excluding hydrogens is 825 g/mol. The third kappa shape index (κ3) is 9.47. The van der Waals surface area contributed by atoms with Crippen molar-refractivity contribution in [3.8, 4) is 0 Å². The lowest BCUT2D eigenvalue weighted by Gasteiger charge is -2.60. The molecule has 6 saturated heterocycles. The van der Waals surface area contributed by atoms with Crippen molar-refractivity contribution in [3.63, 3.8) is 0 Å². The molecule has 0 saturated carbocycles. The van der Waals surface area contributed by atoms with Crippen molar-refractivity contribution in [2.24, 2.45) is 5.73 Å². The molecule has 1 aromatic heterocycles. The van der Waals surface area contributed by atoms with Crippen LogP contribution in [0.25, 0.3) is 0 Å². The molecule has 0 bridgehead atoms. The van der Waals surface area contributed by atoms with E-state index in [4.69, 9.17) is 25.1 Å². The van der Waals surface area contributed by atoms with Crippen molar-refractivity contribution >= 4 is 36.0 Å². The summed E-state index contributed by atoms with van der Waals surface area (Å²) in [4.78, 5) is 85.5. The number of ether oxygens (including phenoxy) is 2. The van der Waals surface area contributed by atoms with Crippen molar-refractivity contribution < 1.29 is 47.9 Å². The Hall–Kier alpha value is -4.59. The summed E-state index contributed by atoms with van der Waals surface area (Å²) in [5.74, 6) is -1.85. The molecule has 6 fully saturated rings. The fraction of sp³-hybridized carbons (Fsp3) is 0.821. The molecule has 4 atom stereocenters. The number of rotatable bonds is 18. The molecule has 0 spiro atoms. The number of hydrogen-bond donors (Lipinski definition) is 5. The van der Waals surface area contributed by atoms with Gasteiger partial charge in [0.15, 0.2) is 12.6 Å². The Morgan fingerprint density at radius 1 is 0.794 bits per heavy atom. The fourth-order valence-electron chi connectivity index (χ4n) is 10.8. The van der Waals surface area contributed by atoms with Gasteiger partial charge in [0.05, 0.1) is 13.1 Å². The minimum atomic E-state index is -1.40. The van der Waals surface area contributed by atoms with E-state index in [9.17, 15) is 34.2 Å². The van der Waals surface area contributed by atoms with Crippen molar-refractivity contribution in [2.45, 2.75) is 49.5 Å². The fourth-order valence-corrected chi connectivity index (χ4v) is 10.8. The molecule has 24 heteroatoms. The van der Waals surface area contributed by atoms with Gasteiger partial charge in [0, 0.05) is 138 Å². The van der Waals surface area contributed by atoms with E-state index in [1.165, 1.54) is 0 Å². The van der Waals surface area contributed by atoms with Gasteiger partial charge in [-0.25, -0.2) is 14.5 Å². The van der Waals surface area contributed by atoms with Gasteiger partial charge in [-0.3, -0.25) is 39.2 Å². The van der Waals surface area contributed by atoms with Crippen molar-refractivity contribution in [2.75, 3.05) is 163 Å². The molecule has 6 aliphatic heterocycles. The summed E-state index contributed by atoms with van der Waals surface area (Å²) >= 11 is 0. The highest BCUT2D eigenvalue weighted by atomic mass is 16.6. The summed E-state index contributed by atoms with van der Waals surface area (Å²) in [6.07, 6.45) is 0.805. The lowest BCUT2D eigenvalue weighted by molar-refractivity contribution is -0.903. The summed E-state index contributed by atoms with van der Waals surface area (Å²) < 4.78 is 17.9. The van der Waals surface area contributed by atoms with Crippen LogP contribution in [0.3, 0.4) is 0 Å². The summed E-state index contributed by atoms with van der Waals surface area (Å²) in [7, 11) is 3.71. The van der Waals surface area contributed by atoms with Crippen molar-refractivity contribution in [1.29, 1.82) is 5.41 Å². The molecule has 7 rings (SSSR count). The number of piperazine rings is 4. The maximum absolute atomic E-state index is 14.8. The standard InChI is InChI=1S/C39H66N14O10/c1-44-30(7-10-47-13-21-50(22-14-47)34-42-35(58)63-43-34)39(62-36(44)59,52-25-17-46(18-26-52)9-4-6-32(56)57)38(51-23-15-45(16-24-51)8-3-5-31(54)55)29-61-37(60)53(38,2)28-27-48-11-19-49(20-12-48)33(40)41/h30H,3-29H2,1-2H3,(H5-,40,41,42,43,54,55,56,57,58)/p+1. The molecule has 2 amide bonds. The average molecular weight is 892 g/mol. The van der Waals surface area contributed by atoms with Crippen LogP contribution in [-0.2, 0) is 19.1 Å². The van der Waals surface area contributed by atoms with Crippen LogP contribution < -0.4 is 16.4 Å². The van der Waals surface area contributed by atoms with Gasteiger partial charge in [-0.05, 0) is 37.5 Å². The molecule has 63 heavy (non-hydrogen) atoms. The first-order valence-corrected chi connectivity index (χ1v) is 22.4. The van der Waals surface area contributed by atoms with Crippen LogP contribution in [0.4, 0.5) is 15.5 Å². The van der Waals surface area contributed by atoms with Crippen molar-refractivity contribution in [3.05, 3.63) is 10.6 Å². The summed E-state index contributed by atoms with van der Waals surface area (Å²) in [5.41, 5.74) is 3.20. The number of aromatic amines is 1. The number of aromatic nitrogens is 2. The maximum Gasteiger partial charge on any atom is 0.517 e. The Balaban J connectivity index is 1.23. The Kier molecular flexibility index (Phi) is 14.5. The third-order valence-electron chi connectivity index (χ3n) is 14.5. The van der Waals surface area contributed by atoms with E-state index in [1.807, 2.05) is 16.8 Å². The minimum absolute atomic E-state index is 0.0233. The Morgan fingerprint density at radius 2 is 1.32 bits per heavy atom. The number of carbonyl (C=O) groups is 4. The molecule has 0 aliphatic carbocycles. The highest BCUT2D eigenvalue weighted by molar-refractivity contribution is 5.74. The second-order valence-corrected chi connectivity index (χ2v) is 17.9. The number of anilines is 1. The number of quaternary nitrogens is 1. The molecule has 0 radical (unpaired) electrons. The number of likely N-dealkylation sites (N-methyl/N-ethyl adjacent to an activating group) is 2. The van der Waals surface area contributed by atoms with E-state index in [1.54, 1.807) is 11.9 Å². The molecular formula is C39H67N14O10+. The molecule has 352 valence electrons. The Labute approximate surface area is 367 Å². The average Bonchev–Trinajstić information content (AvgIpc) is 3.91. The monoisotopic (exact) mass is 892 g/mol. The minimum Gasteiger partial charge on any atom is -0.481 e. The van der Waals surface area contributed by atoms with Gasteiger partial charge >= 0.3 is 29.9 Å². The normalized spacial score (nSPS) is 29.9. The highest BCUT2D eigenvalue weighted by Crippen LogP contribution is 2.53. The van der Waals surface area contributed by atoms with Gasteiger partial charge in [-0.1, -0.05) is 0 Å². The summed E-state index contributed by atoms with van der Waals surface area (Å²) in [6.45, 7) is 12.2. The number of nitrogens with two attached hydrogens (primary N) is 1. The van der Waals surface area contributed by atoms with Crippen LogP contribution in [0.1, 0.15) is 32.1 Å². The van der Waals surface area contributed by atoms with E-state index in [0.29, 0.717) is 163 Å². The van der Waals surface area contributed by atoms with Crippen LogP contribution in [0.2, 0.25) is 0 Å². The molecule has 24 nitrogen and oxygen atoms in total. The Morgan fingerprint density at radius 3 is 1.86 bits per heavy atom. The molecule has 6 aliphatic rings. The molecule has 6 N–H and O–H groups in total. The zero-order valence-corrected chi connectivity index (χ0v) is 36.8. The van der Waals surface area contributed by atoms with E-state index >= 15 is 0 Å². The second kappa shape index (κ2) is 19.7. The number of nitrogens with one attached hydrogen (secondary N) is 2. The molecule has 0 aromatic carbocycles. The van der Waals surface area contributed by atoms with E-state index in [2.05, 4.69) is 39.5 Å². The van der Waals surface area contributed by atoms with Gasteiger partial charge < -0.3 is 49.9 Å². The number of carboxylic acids is 2. The van der Waals surface area contributed by atoms with Crippen LogP contribution in [0, 0.1) is 5.41 Å². The zero-order valence-electron chi connectivity index (χ0n) is 36.8. The first kappa shape index (κ1) is 46.4. The van der Waals surface area contributed by atoms with Gasteiger partial charge in [0.2, 0.25) is 5.95 Å².